The second-order valence-electron chi connectivity index (χ2n) is 3.66. The first kappa shape index (κ1) is 11.1. The normalized spacial score (nSPS) is 10.1. The molecule has 0 aliphatic rings. The summed E-state index contributed by atoms with van der Waals surface area (Å²) in [6.45, 7) is 1.98. The number of carbonyl (C=O) groups is 1. The molecule has 2 aromatic carbocycles. The zero-order valence-electron chi connectivity index (χ0n) is 8.91. The van der Waals surface area contributed by atoms with Crippen LogP contribution in [0.5, 0.6) is 0 Å². The van der Waals surface area contributed by atoms with E-state index in [0.29, 0.717) is 0 Å². The van der Waals surface area contributed by atoms with Crippen LogP contribution in [0.3, 0.4) is 0 Å². The van der Waals surface area contributed by atoms with Crippen LogP contribution >= 0.6 is 15.9 Å². The van der Waals surface area contributed by atoms with Crippen molar-refractivity contribution in [3.05, 3.63) is 69.7 Å². The maximum Gasteiger partial charge on any atom is 0.193 e. The van der Waals surface area contributed by atoms with Crippen LogP contribution in [0.1, 0.15) is 21.5 Å². The van der Waals surface area contributed by atoms with Gasteiger partial charge in [0.15, 0.2) is 5.78 Å². The Hall–Kier alpha value is -1.41. The Morgan fingerprint density at radius 1 is 1.00 bits per heavy atom. The van der Waals surface area contributed by atoms with Crippen molar-refractivity contribution < 1.29 is 4.79 Å². The maximum atomic E-state index is 12.1. The molecule has 2 aromatic rings. The standard InChI is InChI=1S/C14H11BrO/c1-10-9-12(7-8-13(10)15)14(16)11-5-3-2-4-6-11/h2-9H,1H3. The molecular formula is C14H11BrO. The SMILES string of the molecule is Cc1cc(C(=O)c2ccccc2)ccc1Br. The number of aryl methyl sites for hydroxylation is 1. The first-order valence-electron chi connectivity index (χ1n) is 5.04. The third-order valence-corrected chi connectivity index (χ3v) is 3.35. The van der Waals surface area contributed by atoms with Crippen molar-refractivity contribution in [3.63, 3.8) is 0 Å². The van der Waals surface area contributed by atoms with Crippen LogP contribution < -0.4 is 0 Å². The Morgan fingerprint density at radius 3 is 2.31 bits per heavy atom. The minimum absolute atomic E-state index is 0.0659. The van der Waals surface area contributed by atoms with E-state index < -0.39 is 0 Å². The highest BCUT2D eigenvalue weighted by Gasteiger charge is 2.08. The molecule has 0 aromatic heterocycles. The van der Waals surface area contributed by atoms with Crippen LogP contribution in [0.15, 0.2) is 53.0 Å². The lowest BCUT2D eigenvalue weighted by Gasteiger charge is -2.03. The van der Waals surface area contributed by atoms with Gasteiger partial charge in [-0.1, -0.05) is 46.3 Å². The van der Waals surface area contributed by atoms with E-state index in [1.165, 1.54) is 0 Å². The molecule has 0 saturated heterocycles. The fourth-order valence-corrected chi connectivity index (χ4v) is 1.79. The monoisotopic (exact) mass is 274 g/mol. The number of rotatable bonds is 2. The average molecular weight is 275 g/mol. The summed E-state index contributed by atoms with van der Waals surface area (Å²) in [5.41, 5.74) is 2.53. The minimum atomic E-state index is 0.0659. The average Bonchev–Trinajstić information content (AvgIpc) is 2.33. The van der Waals surface area contributed by atoms with Crippen LogP contribution in [0, 0.1) is 6.92 Å². The Bertz CT molecular complexity index is 518. The van der Waals surface area contributed by atoms with Crippen LogP contribution in [0.2, 0.25) is 0 Å². The number of ketones is 1. The van der Waals surface area contributed by atoms with Crippen LogP contribution in [0.25, 0.3) is 0 Å². The number of carbonyl (C=O) groups excluding carboxylic acids is 1. The summed E-state index contributed by atoms with van der Waals surface area (Å²) < 4.78 is 1.03. The third-order valence-electron chi connectivity index (χ3n) is 2.46. The summed E-state index contributed by atoms with van der Waals surface area (Å²) in [5.74, 6) is 0.0659. The van der Waals surface area contributed by atoms with Gasteiger partial charge in [0, 0.05) is 15.6 Å². The van der Waals surface area contributed by atoms with E-state index in [0.717, 1.165) is 21.2 Å². The van der Waals surface area contributed by atoms with Crippen LogP contribution in [-0.4, -0.2) is 5.78 Å². The fraction of sp³-hybridized carbons (Fsp3) is 0.0714. The summed E-state index contributed by atoms with van der Waals surface area (Å²) >= 11 is 3.42. The molecule has 2 rings (SSSR count). The predicted octanol–water partition coefficient (Wildman–Crippen LogP) is 3.99. The number of benzene rings is 2. The Morgan fingerprint density at radius 2 is 1.69 bits per heavy atom. The first-order valence-corrected chi connectivity index (χ1v) is 5.83. The molecular weight excluding hydrogens is 264 g/mol. The van der Waals surface area contributed by atoms with E-state index in [1.807, 2.05) is 55.5 Å². The van der Waals surface area contributed by atoms with Gasteiger partial charge in [-0.05, 0) is 30.7 Å². The summed E-state index contributed by atoms with van der Waals surface area (Å²) in [6, 6.07) is 15.0. The molecule has 0 atom stereocenters. The molecule has 80 valence electrons. The quantitative estimate of drug-likeness (QED) is 0.757. The highest BCUT2D eigenvalue weighted by molar-refractivity contribution is 9.10. The van der Waals surface area contributed by atoms with Crippen molar-refractivity contribution in [1.82, 2.24) is 0 Å². The van der Waals surface area contributed by atoms with Crippen LogP contribution in [-0.2, 0) is 0 Å². The Labute approximate surface area is 103 Å². The molecule has 2 heteroatoms. The molecule has 0 saturated carbocycles. The second kappa shape index (κ2) is 4.62. The first-order chi connectivity index (χ1) is 7.68. The molecule has 0 bridgehead atoms. The van der Waals surface area contributed by atoms with Gasteiger partial charge in [0.25, 0.3) is 0 Å². The molecule has 1 nitrogen and oxygen atoms in total. The van der Waals surface area contributed by atoms with E-state index in [-0.39, 0.29) is 5.78 Å². The molecule has 0 aliphatic carbocycles. The van der Waals surface area contributed by atoms with Gasteiger partial charge in [-0.25, -0.2) is 0 Å². The maximum absolute atomic E-state index is 12.1. The molecule has 0 unspecified atom stereocenters. The van der Waals surface area contributed by atoms with E-state index in [1.54, 1.807) is 0 Å². The van der Waals surface area contributed by atoms with E-state index >= 15 is 0 Å². The highest BCUT2D eigenvalue weighted by atomic mass is 79.9. The zero-order chi connectivity index (χ0) is 11.5. The summed E-state index contributed by atoms with van der Waals surface area (Å²) in [7, 11) is 0. The van der Waals surface area contributed by atoms with Gasteiger partial charge in [-0.2, -0.15) is 0 Å². The van der Waals surface area contributed by atoms with Gasteiger partial charge in [0.2, 0.25) is 0 Å². The van der Waals surface area contributed by atoms with Gasteiger partial charge in [-0.3, -0.25) is 4.79 Å². The molecule has 0 heterocycles. The molecule has 0 radical (unpaired) electrons. The molecule has 0 amide bonds. The highest BCUT2D eigenvalue weighted by Crippen LogP contribution is 2.19. The molecule has 0 fully saturated rings. The topological polar surface area (TPSA) is 17.1 Å². The minimum Gasteiger partial charge on any atom is -0.289 e. The van der Waals surface area contributed by atoms with Crippen molar-refractivity contribution in [2.45, 2.75) is 6.92 Å². The van der Waals surface area contributed by atoms with E-state index in [9.17, 15) is 4.79 Å². The van der Waals surface area contributed by atoms with E-state index in [4.69, 9.17) is 0 Å². The lowest BCUT2D eigenvalue weighted by Crippen LogP contribution is -2.01. The van der Waals surface area contributed by atoms with Crippen LogP contribution in [0.4, 0.5) is 0 Å². The van der Waals surface area contributed by atoms with Crippen molar-refractivity contribution in [1.29, 1.82) is 0 Å². The lowest BCUT2D eigenvalue weighted by molar-refractivity contribution is 0.103. The molecule has 0 N–H and O–H groups in total. The Kier molecular flexibility index (Phi) is 3.20. The number of hydrogen-bond acceptors (Lipinski definition) is 1. The third kappa shape index (κ3) is 2.22. The van der Waals surface area contributed by atoms with Crippen molar-refractivity contribution in [2.24, 2.45) is 0 Å². The summed E-state index contributed by atoms with van der Waals surface area (Å²) in [4.78, 5) is 12.1. The fourth-order valence-electron chi connectivity index (χ4n) is 1.54. The van der Waals surface area contributed by atoms with Gasteiger partial charge < -0.3 is 0 Å². The molecule has 0 aliphatic heterocycles. The van der Waals surface area contributed by atoms with Crippen molar-refractivity contribution in [2.75, 3.05) is 0 Å². The van der Waals surface area contributed by atoms with Gasteiger partial charge >= 0.3 is 0 Å². The Balaban J connectivity index is 2.39. The molecule has 16 heavy (non-hydrogen) atoms. The van der Waals surface area contributed by atoms with Gasteiger partial charge in [0.1, 0.15) is 0 Å². The summed E-state index contributed by atoms with van der Waals surface area (Å²) in [6.07, 6.45) is 0. The number of halogens is 1. The second-order valence-corrected chi connectivity index (χ2v) is 4.51. The predicted molar refractivity (Wildman–Crippen MR) is 68.8 cm³/mol. The largest absolute Gasteiger partial charge is 0.289 e. The smallest absolute Gasteiger partial charge is 0.193 e. The van der Waals surface area contributed by atoms with Crippen molar-refractivity contribution >= 4 is 21.7 Å². The lowest BCUT2D eigenvalue weighted by atomic mass is 10.0. The zero-order valence-corrected chi connectivity index (χ0v) is 10.5. The van der Waals surface area contributed by atoms with E-state index in [2.05, 4.69) is 15.9 Å². The van der Waals surface area contributed by atoms with Crippen molar-refractivity contribution in [3.8, 4) is 0 Å². The van der Waals surface area contributed by atoms with Gasteiger partial charge in [0.05, 0.1) is 0 Å². The van der Waals surface area contributed by atoms with Gasteiger partial charge in [-0.15, -0.1) is 0 Å². The number of hydrogen-bond donors (Lipinski definition) is 0. The summed E-state index contributed by atoms with van der Waals surface area (Å²) in [5, 5.41) is 0. The molecule has 0 spiro atoms.